The van der Waals surface area contributed by atoms with Crippen LogP contribution in [-0.2, 0) is 52.7 Å². The van der Waals surface area contributed by atoms with Crippen molar-refractivity contribution in [1.29, 1.82) is 0 Å². The molecule has 1 rings (SSSR count). The van der Waals surface area contributed by atoms with Gasteiger partial charge >= 0.3 is 0 Å². The van der Waals surface area contributed by atoms with E-state index in [2.05, 4.69) is 26.2 Å². The van der Waals surface area contributed by atoms with Gasteiger partial charge in [-0.2, -0.15) is 11.8 Å². The topological polar surface area (TPSA) is 282 Å². The normalized spacial score (nSPS) is 26.3. The lowest BCUT2D eigenvalue weighted by Crippen LogP contribution is -2.64. The van der Waals surface area contributed by atoms with Gasteiger partial charge in [-0.3, -0.25) is 52.7 Å². The van der Waals surface area contributed by atoms with E-state index in [1.165, 1.54) is 104 Å². The highest BCUT2D eigenvalue weighted by Crippen LogP contribution is 2.26. The Morgan fingerprint density at radius 1 is 0.457 bits per heavy atom. The molecule has 0 aromatic heterocycles. The minimum absolute atomic E-state index is 0.0108. The van der Waals surface area contributed by atoms with Crippen LogP contribution in [-0.4, -0.2) is 262 Å². The molecule has 0 saturated carbocycles. The number of aliphatic hydroxyl groups is 1. The standard InChI is InChI=1S/C69H126N12O12S/c1-27-31-32-46(17)58(82)57-62(86)72-49(28-2)64(88)78(24)54(39-94-34-33-81(29-3)30-4)67(91)74(20)51(36-41(7)8)61(85)73-55(44(13)14)68(92)75(21)50(35-40(5)6)60(84)70-47(18)59(83)71-48(19)63(87)76(22)52(37-42(9)10)65(89)77(23)53(38-43(11)12)66(90)79(25)56(45(15)16)69(93)80(57)26/h27,31,40-58,82H,28-30,32-39H2,1-26H3,(H,70,84)(H,71,83)(H,72,86)(H,73,85)/b31-27+/t46-,47-,48+,49-,50-,51+,52+,53-,54-,55-,56-,57-,58-/m1/s1. The molecule has 0 bridgehead atoms. The smallest absolute Gasteiger partial charge is 0.246 e. The number of allylic oxidation sites excluding steroid dienone is 2. The average molecular weight is 1350 g/mol. The van der Waals surface area contributed by atoms with Gasteiger partial charge in [0, 0.05) is 67.4 Å². The Balaban J connectivity index is 4.55. The van der Waals surface area contributed by atoms with E-state index in [1.807, 2.05) is 82.2 Å². The van der Waals surface area contributed by atoms with E-state index < -0.39 is 155 Å². The van der Waals surface area contributed by atoms with Crippen molar-refractivity contribution in [1.82, 2.24) is 60.5 Å². The molecular weight excluding hydrogens is 1220 g/mol. The van der Waals surface area contributed by atoms with Gasteiger partial charge in [-0.15, -0.1) is 0 Å². The number of hydrogen-bond acceptors (Lipinski definition) is 14. The number of amides is 11. The predicted molar refractivity (Wildman–Crippen MR) is 372 cm³/mol. The molecule has 0 aromatic carbocycles. The van der Waals surface area contributed by atoms with Crippen molar-refractivity contribution in [2.75, 3.05) is 80.5 Å². The Labute approximate surface area is 569 Å². The van der Waals surface area contributed by atoms with E-state index in [-0.39, 0.29) is 61.5 Å². The lowest BCUT2D eigenvalue weighted by molar-refractivity contribution is -0.157. The van der Waals surface area contributed by atoms with Crippen molar-refractivity contribution in [2.45, 2.75) is 243 Å². The van der Waals surface area contributed by atoms with Gasteiger partial charge in [0.25, 0.3) is 0 Å². The van der Waals surface area contributed by atoms with E-state index in [1.54, 1.807) is 47.6 Å². The fourth-order valence-corrected chi connectivity index (χ4v) is 13.1. The molecule has 24 nitrogen and oxygen atoms in total. The summed E-state index contributed by atoms with van der Waals surface area (Å²) in [5.41, 5.74) is 0. The van der Waals surface area contributed by atoms with Crippen LogP contribution in [0.2, 0.25) is 0 Å². The van der Waals surface area contributed by atoms with Crippen molar-refractivity contribution >= 4 is 76.7 Å². The Bertz CT molecular complexity index is 2530. The van der Waals surface area contributed by atoms with Crippen LogP contribution in [0.5, 0.6) is 0 Å². The highest BCUT2D eigenvalue weighted by molar-refractivity contribution is 7.99. The van der Waals surface area contributed by atoms with Crippen molar-refractivity contribution in [3.63, 3.8) is 0 Å². The summed E-state index contributed by atoms with van der Waals surface area (Å²) in [5, 5.41) is 23.5. The zero-order chi connectivity index (χ0) is 72.7. The molecule has 11 amide bonds. The van der Waals surface area contributed by atoms with Gasteiger partial charge in [0.15, 0.2) is 0 Å². The minimum Gasteiger partial charge on any atom is -0.390 e. The molecule has 540 valence electrons. The number of thioether (sulfide) groups is 1. The van der Waals surface area contributed by atoms with Gasteiger partial charge < -0.3 is 65.6 Å². The van der Waals surface area contributed by atoms with E-state index >= 15 is 28.8 Å². The summed E-state index contributed by atoms with van der Waals surface area (Å²) in [6.45, 7) is 36.5. The zero-order valence-corrected chi connectivity index (χ0v) is 63.1. The molecule has 5 N–H and O–H groups in total. The second-order valence-electron chi connectivity index (χ2n) is 28.4. The Morgan fingerprint density at radius 3 is 1.31 bits per heavy atom. The van der Waals surface area contributed by atoms with Gasteiger partial charge in [0.2, 0.25) is 65.0 Å². The number of nitrogens with one attached hydrogen (secondary N) is 4. The third kappa shape index (κ3) is 24.7. The molecule has 1 heterocycles. The number of hydrogen-bond donors (Lipinski definition) is 5. The lowest BCUT2D eigenvalue weighted by atomic mass is 9.91. The molecule has 1 saturated heterocycles. The molecule has 1 aliphatic rings. The SMILES string of the molecule is C/C=C/C[C@@H](C)[C@@H](O)[C@@H]1C(=O)N[C@H](CC)C(=O)N(C)[C@H](CSCCN(CC)CC)C(=O)N(C)[C@@H](CC(C)C)C(=O)N[C@H](C(C)C)C(=O)N(C)[C@H](CC(C)C)C(=O)N[C@H](C)C(=O)N[C@@H](C)C(=O)N(C)[C@@H](CC(C)C)C(=O)N(C)[C@H](CC(C)C)C(=O)N(C)[C@H](C(C)C)C(=O)N1C. The quantitative estimate of drug-likeness (QED) is 0.0726. The van der Waals surface area contributed by atoms with Crippen LogP contribution in [0.4, 0.5) is 0 Å². The minimum atomic E-state index is -1.63. The van der Waals surface area contributed by atoms with Crippen molar-refractivity contribution in [3.05, 3.63) is 12.2 Å². The van der Waals surface area contributed by atoms with Gasteiger partial charge in [0.1, 0.15) is 66.5 Å². The molecule has 0 unspecified atom stereocenters. The van der Waals surface area contributed by atoms with Gasteiger partial charge in [-0.25, -0.2) is 0 Å². The number of carbonyl (C=O) groups excluding carboxylic acids is 11. The van der Waals surface area contributed by atoms with Crippen LogP contribution in [0.25, 0.3) is 0 Å². The van der Waals surface area contributed by atoms with Crippen molar-refractivity contribution in [2.24, 2.45) is 41.4 Å². The Kier molecular flexibility index (Phi) is 37.3. The number of aliphatic hydroxyl groups excluding tert-OH is 1. The maximum atomic E-state index is 15.4. The molecule has 0 aliphatic carbocycles. The molecule has 25 heteroatoms. The fraction of sp³-hybridized carbons (Fsp3) is 0.812. The number of carbonyl (C=O) groups is 11. The van der Waals surface area contributed by atoms with E-state index in [0.717, 1.165) is 18.0 Å². The van der Waals surface area contributed by atoms with Gasteiger partial charge in [0.05, 0.1) is 6.10 Å². The third-order valence-corrected chi connectivity index (χ3v) is 19.1. The van der Waals surface area contributed by atoms with Crippen LogP contribution in [0.15, 0.2) is 12.2 Å². The number of nitrogens with zero attached hydrogens (tertiary/aromatic N) is 8. The summed E-state index contributed by atoms with van der Waals surface area (Å²) in [5.74, 6) is -9.04. The second kappa shape index (κ2) is 40.7. The largest absolute Gasteiger partial charge is 0.390 e. The first-order valence-electron chi connectivity index (χ1n) is 34.3. The fourth-order valence-electron chi connectivity index (χ4n) is 11.9. The van der Waals surface area contributed by atoms with E-state index in [0.29, 0.717) is 18.7 Å². The first kappa shape index (κ1) is 86.2. The third-order valence-electron chi connectivity index (χ3n) is 18.1. The maximum absolute atomic E-state index is 15.4. The van der Waals surface area contributed by atoms with Gasteiger partial charge in [-0.05, 0) is 114 Å². The second-order valence-corrected chi connectivity index (χ2v) is 29.6. The van der Waals surface area contributed by atoms with Gasteiger partial charge in [-0.1, -0.05) is 123 Å². The zero-order valence-electron chi connectivity index (χ0n) is 62.3. The number of rotatable bonds is 22. The van der Waals surface area contributed by atoms with Crippen LogP contribution >= 0.6 is 11.8 Å². The van der Waals surface area contributed by atoms with Crippen LogP contribution in [0, 0.1) is 41.4 Å². The molecule has 13 atom stereocenters. The lowest BCUT2D eigenvalue weighted by Gasteiger charge is -2.41. The molecule has 94 heavy (non-hydrogen) atoms. The molecule has 0 aromatic rings. The summed E-state index contributed by atoms with van der Waals surface area (Å²) >= 11 is 1.44. The first-order chi connectivity index (χ1) is 43.6. The summed E-state index contributed by atoms with van der Waals surface area (Å²) in [7, 11) is 10.1. The first-order valence-corrected chi connectivity index (χ1v) is 35.4. The molecule has 0 radical (unpaired) electrons. The summed E-state index contributed by atoms with van der Waals surface area (Å²) in [4.78, 5) is 175. The highest BCUT2D eigenvalue weighted by Gasteiger charge is 2.46. The highest BCUT2D eigenvalue weighted by atomic mass is 32.2. The molecular formula is C69H126N12O12S. The Hall–Kier alpha value is -5.82. The van der Waals surface area contributed by atoms with E-state index in [4.69, 9.17) is 0 Å². The number of likely N-dealkylation sites (N-methyl/N-ethyl adjacent to an activating group) is 7. The maximum Gasteiger partial charge on any atom is 0.246 e. The molecule has 1 fully saturated rings. The predicted octanol–water partition coefficient (Wildman–Crippen LogP) is 4.71. The summed E-state index contributed by atoms with van der Waals surface area (Å²) < 4.78 is 0. The van der Waals surface area contributed by atoms with Crippen molar-refractivity contribution < 1.29 is 57.8 Å². The molecule has 1 aliphatic heterocycles. The average Bonchev–Trinajstić information content (AvgIpc) is 0.858. The summed E-state index contributed by atoms with van der Waals surface area (Å²) in [6.07, 6.45) is 3.01. The van der Waals surface area contributed by atoms with Crippen LogP contribution < -0.4 is 21.3 Å². The van der Waals surface area contributed by atoms with Crippen molar-refractivity contribution in [3.8, 4) is 0 Å². The molecule has 0 spiro atoms. The monoisotopic (exact) mass is 1350 g/mol. The van der Waals surface area contributed by atoms with Crippen LogP contribution in [0.1, 0.15) is 170 Å². The van der Waals surface area contributed by atoms with Crippen LogP contribution in [0.3, 0.4) is 0 Å². The summed E-state index contributed by atoms with van der Waals surface area (Å²) in [6, 6.07) is -13.7. The van der Waals surface area contributed by atoms with E-state index in [9.17, 15) is 29.1 Å². The Morgan fingerprint density at radius 2 is 0.862 bits per heavy atom.